The lowest BCUT2D eigenvalue weighted by Crippen LogP contribution is -2.42. The number of likely N-dealkylation sites (tertiary alicyclic amines) is 2. The van der Waals surface area contributed by atoms with Crippen LogP contribution in [0.4, 0.5) is 19.0 Å². The van der Waals surface area contributed by atoms with E-state index in [0.29, 0.717) is 29.0 Å². The highest BCUT2D eigenvalue weighted by Gasteiger charge is 2.33. The summed E-state index contributed by atoms with van der Waals surface area (Å²) in [6.45, 7) is 3.99. The van der Waals surface area contributed by atoms with Crippen molar-refractivity contribution >= 4 is 22.6 Å². The Morgan fingerprint density at radius 1 is 0.905 bits per heavy atom. The molecule has 0 radical (unpaired) electrons. The third-order valence-electron chi connectivity index (χ3n) is 8.30. The maximum absolute atomic E-state index is 14.2. The molecule has 0 bridgehead atoms. The number of pyridine rings is 1. The second-order valence-corrected chi connectivity index (χ2v) is 11.2. The van der Waals surface area contributed by atoms with Crippen LogP contribution in [0.3, 0.4) is 0 Å². The minimum atomic E-state index is -4.39. The fourth-order valence-corrected chi connectivity index (χ4v) is 6.04. The molecule has 0 spiro atoms. The minimum absolute atomic E-state index is 0.0375. The van der Waals surface area contributed by atoms with E-state index < -0.39 is 11.7 Å². The number of carbonyl (C=O) groups is 1. The first-order chi connectivity index (χ1) is 20.2. The van der Waals surface area contributed by atoms with Crippen molar-refractivity contribution in [3.05, 3.63) is 89.5 Å². The number of phenols is 1. The molecule has 0 unspecified atom stereocenters. The molecular formula is C33H33F3N4O2. The van der Waals surface area contributed by atoms with E-state index in [1.807, 2.05) is 35.2 Å². The predicted molar refractivity (Wildman–Crippen MR) is 157 cm³/mol. The first-order valence-electron chi connectivity index (χ1n) is 14.4. The lowest BCUT2D eigenvalue weighted by molar-refractivity contribution is -0.137. The van der Waals surface area contributed by atoms with Crippen LogP contribution in [0.1, 0.15) is 47.2 Å². The van der Waals surface area contributed by atoms with E-state index in [1.165, 1.54) is 25.0 Å². The number of halogens is 3. The molecule has 4 aromatic rings. The molecule has 9 heteroatoms. The molecule has 218 valence electrons. The van der Waals surface area contributed by atoms with Gasteiger partial charge >= 0.3 is 6.18 Å². The molecule has 3 aromatic carbocycles. The van der Waals surface area contributed by atoms with Crippen molar-refractivity contribution in [1.82, 2.24) is 14.8 Å². The van der Waals surface area contributed by atoms with Crippen LogP contribution in [-0.4, -0.2) is 58.0 Å². The summed E-state index contributed by atoms with van der Waals surface area (Å²) in [5.74, 6) is 0.627. The molecular weight excluding hydrogens is 541 g/mol. The number of aromatic nitrogens is 1. The summed E-state index contributed by atoms with van der Waals surface area (Å²) in [4.78, 5) is 23.4. The van der Waals surface area contributed by atoms with Gasteiger partial charge in [0.25, 0.3) is 5.91 Å². The largest absolute Gasteiger partial charge is 0.508 e. The molecule has 6 nitrogen and oxygen atoms in total. The summed E-state index contributed by atoms with van der Waals surface area (Å²) in [5.41, 5.74) is 2.98. The number of carbonyl (C=O) groups excluding carboxylic acids is 1. The molecule has 2 saturated heterocycles. The number of rotatable bonds is 7. The molecule has 2 fully saturated rings. The molecule has 1 amide bonds. The quantitative estimate of drug-likeness (QED) is 0.250. The normalized spacial score (nSPS) is 17.7. The van der Waals surface area contributed by atoms with Gasteiger partial charge in [-0.15, -0.1) is 0 Å². The third kappa shape index (κ3) is 6.06. The number of nitrogens with zero attached hydrogens (tertiary/aromatic N) is 3. The van der Waals surface area contributed by atoms with E-state index in [9.17, 15) is 23.1 Å². The van der Waals surface area contributed by atoms with E-state index in [1.54, 1.807) is 18.2 Å². The Morgan fingerprint density at radius 2 is 1.62 bits per heavy atom. The second kappa shape index (κ2) is 11.6. The monoisotopic (exact) mass is 574 g/mol. The average molecular weight is 575 g/mol. The first-order valence-corrected chi connectivity index (χ1v) is 14.4. The van der Waals surface area contributed by atoms with E-state index in [4.69, 9.17) is 4.98 Å². The summed E-state index contributed by atoms with van der Waals surface area (Å²) < 4.78 is 39.0. The molecule has 0 saturated carbocycles. The number of fused-ring (bicyclic) bond motifs is 1. The minimum Gasteiger partial charge on any atom is -0.508 e. The predicted octanol–water partition coefficient (Wildman–Crippen LogP) is 6.94. The van der Waals surface area contributed by atoms with Gasteiger partial charge in [0, 0.05) is 31.1 Å². The number of nitrogens with one attached hydrogen (secondary N) is 1. The van der Waals surface area contributed by atoms with Gasteiger partial charge in [0.1, 0.15) is 11.6 Å². The lowest BCUT2D eigenvalue weighted by Gasteiger charge is -2.29. The standard InChI is InChI=1S/C33H33F3N4O2/c34-33(35,36)25-10-5-22(6-11-25)20-37-31-19-29(32(42)40-17-3-4-26(40)21-39-15-1-2-16-39)28-18-24(9-14-30(28)38-31)23-7-12-27(41)13-8-23/h5-14,18-19,26,41H,1-4,15-17,20-21H2,(H,37,38)/t26-/m0/s1. The Bertz CT molecular complexity index is 1570. The highest BCUT2D eigenvalue weighted by atomic mass is 19.4. The fourth-order valence-electron chi connectivity index (χ4n) is 6.04. The zero-order valence-electron chi connectivity index (χ0n) is 23.2. The van der Waals surface area contributed by atoms with Gasteiger partial charge < -0.3 is 20.2 Å². The fraction of sp³-hybridized carbons (Fsp3) is 0.333. The number of anilines is 1. The number of alkyl halides is 3. The number of amides is 1. The smallest absolute Gasteiger partial charge is 0.416 e. The van der Waals surface area contributed by atoms with Gasteiger partial charge in [-0.05, 0) is 97.9 Å². The van der Waals surface area contributed by atoms with E-state index >= 15 is 0 Å². The van der Waals surface area contributed by atoms with Crippen molar-refractivity contribution in [3.63, 3.8) is 0 Å². The van der Waals surface area contributed by atoms with Crippen molar-refractivity contribution in [2.45, 2.75) is 44.4 Å². The number of aromatic hydroxyl groups is 1. The molecule has 0 aliphatic carbocycles. The summed E-state index contributed by atoms with van der Waals surface area (Å²) in [5, 5.41) is 13.7. The van der Waals surface area contributed by atoms with Gasteiger partial charge in [0.05, 0.1) is 16.6 Å². The number of hydrogen-bond donors (Lipinski definition) is 2. The maximum Gasteiger partial charge on any atom is 0.416 e. The molecule has 3 heterocycles. The Labute approximate surface area is 242 Å². The van der Waals surface area contributed by atoms with E-state index in [2.05, 4.69) is 10.2 Å². The number of phenolic OH excluding ortho intramolecular Hbond substituents is 1. The third-order valence-corrected chi connectivity index (χ3v) is 8.30. The summed E-state index contributed by atoms with van der Waals surface area (Å²) in [6.07, 6.45) is -0.0519. The Hall–Kier alpha value is -4.11. The van der Waals surface area contributed by atoms with Crippen molar-refractivity contribution in [1.29, 1.82) is 0 Å². The van der Waals surface area contributed by atoms with Crippen molar-refractivity contribution < 1.29 is 23.1 Å². The van der Waals surface area contributed by atoms with Crippen molar-refractivity contribution in [3.8, 4) is 16.9 Å². The number of hydrogen-bond acceptors (Lipinski definition) is 5. The Kier molecular flexibility index (Phi) is 7.77. The van der Waals surface area contributed by atoms with E-state index in [0.717, 1.165) is 61.1 Å². The van der Waals surface area contributed by atoms with Crippen LogP contribution < -0.4 is 5.32 Å². The zero-order valence-corrected chi connectivity index (χ0v) is 23.2. The molecule has 2 aliphatic rings. The van der Waals surface area contributed by atoms with Crippen LogP contribution in [0, 0.1) is 0 Å². The van der Waals surface area contributed by atoms with Gasteiger partial charge in [-0.3, -0.25) is 4.79 Å². The zero-order chi connectivity index (χ0) is 29.3. The lowest BCUT2D eigenvalue weighted by atomic mass is 9.99. The molecule has 1 atom stereocenters. The molecule has 42 heavy (non-hydrogen) atoms. The molecule has 6 rings (SSSR count). The summed E-state index contributed by atoms with van der Waals surface area (Å²) in [6, 6.07) is 19.6. The summed E-state index contributed by atoms with van der Waals surface area (Å²) in [7, 11) is 0. The summed E-state index contributed by atoms with van der Waals surface area (Å²) >= 11 is 0. The van der Waals surface area contributed by atoms with Crippen LogP contribution in [0.25, 0.3) is 22.0 Å². The van der Waals surface area contributed by atoms with Crippen LogP contribution >= 0.6 is 0 Å². The van der Waals surface area contributed by atoms with Crippen molar-refractivity contribution in [2.24, 2.45) is 0 Å². The topological polar surface area (TPSA) is 68.7 Å². The maximum atomic E-state index is 14.2. The van der Waals surface area contributed by atoms with Crippen LogP contribution in [-0.2, 0) is 12.7 Å². The van der Waals surface area contributed by atoms with Crippen LogP contribution in [0.15, 0.2) is 72.8 Å². The van der Waals surface area contributed by atoms with Crippen LogP contribution in [0.5, 0.6) is 5.75 Å². The highest BCUT2D eigenvalue weighted by molar-refractivity contribution is 6.08. The van der Waals surface area contributed by atoms with Gasteiger partial charge in [-0.25, -0.2) is 4.98 Å². The average Bonchev–Trinajstić information content (AvgIpc) is 3.68. The number of benzene rings is 3. The molecule has 1 aromatic heterocycles. The first kappa shape index (κ1) is 28.0. The highest BCUT2D eigenvalue weighted by Crippen LogP contribution is 2.32. The van der Waals surface area contributed by atoms with Crippen LogP contribution in [0.2, 0.25) is 0 Å². The van der Waals surface area contributed by atoms with E-state index in [-0.39, 0.29) is 24.2 Å². The van der Waals surface area contributed by atoms with Gasteiger partial charge in [0.15, 0.2) is 0 Å². The Morgan fingerprint density at radius 3 is 2.33 bits per heavy atom. The van der Waals surface area contributed by atoms with Gasteiger partial charge in [0.2, 0.25) is 0 Å². The molecule has 2 N–H and O–H groups in total. The SMILES string of the molecule is O=C(c1cc(NCc2ccc(C(F)(F)F)cc2)nc2ccc(-c3ccc(O)cc3)cc12)N1CCC[C@H]1CN1CCCC1. The molecule has 2 aliphatic heterocycles. The van der Waals surface area contributed by atoms with Crippen molar-refractivity contribution in [2.75, 3.05) is 31.5 Å². The second-order valence-electron chi connectivity index (χ2n) is 11.2. The van der Waals surface area contributed by atoms with Gasteiger partial charge in [-0.2, -0.15) is 13.2 Å². The Balaban J connectivity index is 1.33. The van der Waals surface area contributed by atoms with Gasteiger partial charge in [-0.1, -0.05) is 30.3 Å².